The summed E-state index contributed by atoms with van der Waals surface area (Å²) in [5.74, 6) is -0.629. The van der Waals surface area contributed by atoms with Crippen molar-refractivity contribution < 1.29 is 46.5 Å². The molecule has 1 saturated heterocycles. The first-order valence-electron chi connectivity index (χ1n) is 16.0. The zero-order valence-corrected chi connectivity index (χ0v) is 30.5. The summed E-state index contributed by atoms with van der Waals surface area (Å²) in [6.45, 7) is -0.191. The van der Waals surface area contributed by atoms with Crippen molar-refractivity contribution in [1.82, 2.24) is 9.80 Å². The second kappa shape index (κ2) is 14.4. The van der Waals surface area contributed by atoms with Crippen molar-refractivity contribution in [3.8, 4) is 23.0 Å². The molecular weight excluding hydrogens is 714 g/mol. The van der Waals surface area contributed by atoms with Gasteiger partial charge in [-0.25, -0.2) is 17.5 Å². The number of hydrogen-bond donors (Lipinski definition) is 0. The molecule has 4 aromatic carbocycles. The van der Waals surface area contributed by atoms with E-state index < -0.39 is 45.7 Å². The molecule has 13 nitrogen and oxygen atoms in total. The van der Waals surface area contributed by atoms with E-state index in [2.05, 4.69) is 0 Å². The Kier molecular flexibility index (Phi) is 10.1. The van der Waals surface area contributed by atoms with Gasteiger partial charge >= 0.3 is 6.16 Å². The van der Waals surface area contributed by atoms with Crippen LogP contribution in [0.15, 0.2) is 95.9 Å². The van der Waals surface area contributed by atoms with Gasteiger partial charge in [0.2, 0.25) is 5.91 Å². The van der Waals surface area contributed by atoms with Crippen LogP contribution in [0, 0.1) is 0 Å². The van der Waals surface area contributed by atoms with E-state index in [9.17, 15) is 18.0 Å². The van der Waals surface area contributed by atoms with E-state index in [1.807, 2.05) is 0 Å². The minimum Gasteiger partial charge on any atom is -0.497 e. The van der Waals surface area contributed by atoms with Crippen molar-refractivity contribution in [2.24, 2.45) is 0 Å². The maximum atomic E-state index is 15.6. The number of anilines is 1. The smallest absolute Gasteiger partial charge is 0.497 e. The van der Waals surface area contributed by atoms with Crippen molar-refractivity contribution in [3.05, 3.63) is 107 Å². The standard InChI is InChI=1S/C37H36ClN3O10S/c1-39(2)34(42)30-20-26(51-36(44)50-24-11-7-6-8-12-24)22-40(30)37(27-13-9-10-14-31(27)48-4)28-19-23(38)15-17-29(28)41(35(37)43)52(45,46)33-18-16-25(47-3)21-32(33)49-5/h6-19,21,26,30H,20,22H2,1-5H3. The van der Waals surface area contributed by atoms with Crippen molar-refractivity contribution in [2.75, 3.05) is 46.3 Å². The van der Waals surface area contributed by atoms with Gasteiger partial charge in [0, 0.05) is 49.3 Å². The predicted octanol–water partition coefficient (Wildman–Crippen LogP) is 5.09. The molecule has 0 spiro atoms. The van der Waals surface area contributed by atoms with E-state index in [-0.39, 0.29) is 56.9 Å². The molecule has 0 radical (unpaired) electrons. The number of methoxy groups -OCH3 is 3. The normalized spacial score (nSPS) is 19.9. The molecule has 0 bridgehead atoms. The molecule has 3 unspecified atom stereocenters. The van der Waals surface area contributed by atoms with Crippen LogP contribution in [0.3, 0.4) is 0 Å². The fraction of sp³-hybridized carbons (Fsp3) is 0.270. The Hall–Kier alpha value is -5.31. The average Bonchev–Trinajstić information content (AvgIpc) is 3.67. The van der Waals surface area contributed by atoms with E-state index in [0.717, 1.165) is 0 Å². The Morgan fingerprint density at radius 3 is 2.19 bits per heavy atom. The van der Waals surface area contributed by atoms with E-state index in [0.29, 0.717) is 10.1 Å². The van der Waals surface area contributed by atoms with Crippen molar-refractivity contribution in [1.29, 1.82) is 0 Å². The van der Waals surface area contributed by atoms with Gasteiger partial charge in [-0.3, -0.25) is 14.5 Å². The third-order valence-corrected chi connectivity index (χ3v) is 11.0. The number of hydrogen-bond acceptors (Lipinski definition) is 11. The van der Waals surface area contributed by atoms with Crippen LogP contribution < -0.4 is 23.3 Å². The number of rotatable bonds is 10. The van der Waals surface area contributed by atoms with Gasteiger partial charge in [-0.15, -0.1) is 0 Å². The number of benzene rings is 4. The fourth-order valence-electron chi connectivity index (χ4n) is 6.84. The highest BCUT2D eigenvalue weighted by Gasteiger charge is 2.64. The number of amides is 2. The molecule has 6 rings (SSSR count). The summed E-state index contributed by atoms with van der Waals surface area (Å²) in [6.07, 6.45) is -2.04. The largest absolute Gasteiger partial charge is 0.514 e. The minimum atomic E-state index is -4.74. The summed E-state index contributed by atoms with van der Waals surface area (Å²) >= 11 is 6.63. The number of likely N-dealkylation sites (N-methyl/N-ethyl adjacent to an activating group) is 1. The molecule has 272 valence electrons. The van der Waals surface area contributed by atoms with Crippen molar-refractivity contribution in [2.45, 2.75) is 29.0 Å². The Balaban J connectivity index is 1.57. The second-order valence-electron chi connectivity index (χ2n) is 12.2. The van der Waals surface area contributed by atoms with Gasteiger partial charge < -0.3 is 28.6 Å². The van der Waals surface area contributed by atoms with Crippen molar-refractivity contribution in [3.63, 3.8) is 0 Å². The molecule has 52 heavy (non-hydrogen) atoms. The Labute approximate surface area is 306 Å². The van der Waals surface area contributed by atoms with Crippen LogP contribution in [-0.4, -0.2) is 90.3 Å². The number of likely N-dealkylation sites (tertiary alicyclic amines) is 1. The van der Waals surface area contributed by atoms with Gasteiger partial charge in [0.15, 0.2) is 5.54 Å². The number of carbonyl (C=O) groups is 3. The number of ether oxygens (including phenoxy) is 5. The summed E-state index contributed by atoms with van der Waals surface area (Å²) in [5, 5.41) is 0.195. The predicted molar refractivity (Wildman–Crippen MR) is 191 cm³/mol. The van der Waals surface area contributed by atoms with Gasteiger partial charge in [0.1, 0.15) is 34.0 Å². The molecule has 2 amide bonds. The second-order valence-corrected chi connectivity index (χ2v) is 14.4. The lowest BCUT2D eigenvalue weighted by molar-refractivity contribution is -0.138. The van der Waals surface area contributed by atoms with Crippen LogP contribution in [0.5, 0.6) is 23.0 Å². The summed E-state index contributed by atoms with van der Waals surface area (Å²) in [7, 11) is 2.52. The highest BCUT2D eigenvalue weighted by Crippen LogP contribution is 2.55. The molecule has 4 aromatic rings. The highest BCUT2D eigenvalue weighted by molar-refractivity contribution is 7.93. The molecule has 0 N–H and O–H groups in total. The summed E-state index contributed by atoms with van der Waals surface area (Å²) in [5.41, 5.74) is -1.68. The van der Waals surface area contributed by atoms with E-state index in [1.54, 1.807) is 73.6 Å². The first kappa shape index (κ1) is 36.5. The molecule has 15 heteroatoms. The van der Waals surface area contributed by atoms with E-state index in [1.165, 1.54) is 62.6 Å². The first-order chi connectivity index (χ1) is 24.9. The maximum absolute atomic E-state index is 15.6. The zero-order valence-electron chi connectivity index (χ0n) is 28.9. The van der Waals surface area contributed by atoms with E-state index >= 15 is 4.79 Å². The lowest BCUT2D eigenvalue weighted by atomic mass is 9.80. The summed E-state index contributed by atoms with van der Waals surface area (Å²) in [6, 6.07) is 22.4. The fourth-order valence-corrected chi connectivity index (χ4v) is 8.61. The Bertz CT molecular complexity index is 2130. The third-order valence-electron chi connectivity index (χ3n) is 9.07. The SMILES string of the molecule is COc1ccc(S(=O)(=O)N2C(=O)C(c3ccccc3OC)(N3CC(OC(=O)Oc4ccccc4)CC3C(=O)N(C)C)c3cc(Cl)ccc32)c(OC)c1. The third kappa shape index (κ3) is 6.16. The van der Waals surface area contributed by atoms with Crippen molar-refractivity contribution >= 4 is 45.3 Å². The van der Waals surface area contributed by atoms with Gasteiger partial charge in [0.25, 0.3) is 15.9 Å². The zero-order chi connectivity index (χ0) is 37.4. The van der Waals surface area contributed by atoms with Crippen LogP contribution in [-0.2, 0) is 29.9 Å². The van der Waals surface area contributed by atoms with Gasteiger partial charge in [-0.1, -0.05) is 48.0 Å². The minimum absolute atomic E-state index is 0.0120. The van der Waals surface area contributed by atoms with E-state index in [4.69, 9.17) is 35.3 Å². The summed E-state index contributed by atoms with van der Waals surface area (Å²) in [4.78, 5) is 45.3. The van der Waals surface area contributed by atoms with Gasteiger partial charge in [-0.05, 0) is 48.5 Å². The molecule has 2 heterocycles. The van der Waals surface area contributed by atoms with Gasteiger partial charge in [0.05, 0.1) is 33.1 Å². The molecule has 0 saturated carbocycles. The Morgan fingerprint density at radius 2 is 1.52 bits per heavy atom. The number of halogens is 1. The van der Waals surface area contributed by atoms with Crippen LogP contribution >= 0.6 is 11.6 Å². The van der Waals surface area contributed by atoms with Crippen LogP contribution in [0.2, 0.25) is 5.02 Å². The van der Waals surface area contributed by atoms with Crippen LogP contribution in [0.4, 0.5) is 10.5 Å². The monoisotopic (exact) mass is 749 g/mol. The number of fused-ring (bicyclic) bond motifs is 1. The van der Waals surface area contributed by atoms with Crippen LogP contribution in [0.25, 0.3) is 0 Å². The molecule has 2 aliphatic heterocycles. The topological polar surface area (TPSA) is 141 Å². The van der Waals surface area contributed by atoms with Crippen LogP contribution in [0.1, 0.15) is 17.5 Å². The average molecular weight is 750 g/mol. The summed E-state index contributed by atoms with van der Waals surface area (Å²) < 4.78 is 58.0. The number of sulfonamides is 1. The molecule has 1 fully saturated rings. The molecule has 3 atom stereocenters. The molecule has 2 aliphatic rings. The lowest BCUT2D eigenvalue weighted by Crippen LogP contribution is -2.59. The number of nitrogens with zero attached hydrogens (tertiary/aromatic N) is 3. The van der Waals surface area contributed by atoms with Gasteiger partial charge in [-0.2, -0.15) is 0 Å². The highest BCUT2D eigenvalue weighted by atomic mass is 35.5. The lowest BCUT2D eigenvalue weighted by Gasteiger charge is -2.42. The molecule has 0 aliphatic carbocycles. The first-order valence-corrected chi connectivity index (χ1v) is 17.9. The quantitative estimate of drug-likeness (QED) is 0.158. The molecule has 0 aromatic heterocycles. The Morgan fingerprint density at radius 1 is 0.827 bits per heavy atom. The maximum Gasteiger partial charge on any atom is 0.514 e. The molecular formula is C37H36ClN3O10S. The number of carbonyl (C=O) groups excluding carboxylic acids is 3. The number of para-hydroxylation sites is 2.